The van der Waals surface area contributed by atoms with Crippen molar-refractivity contribution >= 4 is 0 Å². The van der Waals surface area contributed by atoms with Gasteiger partial charge in [-0.1, -0.05) is 13.3 Å². The van der Waals surface area contributed by atoms with Crippen molar-refractivity contribution in [2.75, 3.05) is 6.54 Å². The summed E-state index contributed by atoms with van der Waals surface area (Å²) in [5.41, 5.74) is 0. The van der Waals surface area contributed by atoms with Gasteiger partial charge in [-0.05, 0) is 31.7 Å². The Labute approximate surface area is 90.9 Å². The van der Waals surface area contributed by atoms with E-state index in [1.54, 1.807) is 6.33 Å². The average molecular weight is 208 g/mol. The number of aromatic nitrogens is 3. The lowest BCUT2D eigenvalue weighted by atomic mass is 10.1. The van der Waals surface area contributed by atoms with E-state index in [0.29, 0.717) is 0 Å². The van der Waals surface area contributed by atoms with Gasteiger partial charge in [-0.2, -0.15) is 5.10 Å². The van der Waals surface area contributed by atoms with Gasteiger partial charge >= 0.3 is 0 Å². The molecule has 84 valence electrons. The first-order valence-electron chi connectivity index (χ1n) is 5.94. The second-order valence-corrected chi connectivity index (χ2v) is 4.50. The minimum atomic E-state index is 0.750. The van der Waals surface area contributed by atoms with Crippen LogP contribution in [0.3, 0.4) is 0 Å². The predicted octanol–water partition coefficient (Wildman–Crippen LogP) is 1.52. The minimum Gasteiger partial charge on any atom is -0.314 e. The first-order valence-corrected chi connectivity index (χ1v) is 5.94. The number of nitrogens with one attached hydrogen (secondary N) is 2. The molecule has 0 spiro atoms. The zero-order chi connectivity index (χ0) is 10.5. The van der Waals surface area contributed by atoms with Crippen LogP contribution in [-0.2, 0) is 6.42 Å². The molecular weight excluding hydrogens is 188 g/mol. The second-order valence-electron chi connectivity index (χ2n) is 4.50. The number of hydrogen-bond donors (Lipinski definition) is 2. The van der Waals surface area contributed by atoms with Crippen LogP contribution in [0.4, 0.5) is 0 Å². The summed E-state index contributed by atoms with van der Waals surface area (Å²) in [7, 11) is 0. The van der Waals surface area contributed by atoms with E-state index in [4.69, 9.17) is 0 Å². The van der Waals surface area contributed by atoms with Crippen LogP contribution >= 0.6 is 0 Å². The third-order valence-electron chi connectivity index (χ3n) is 3.32. The molecular formula is C11H20N4. The van der Waals surface area contributed by atoms with Crippen molar-refractivity contribution in [3.63, 3.8) is 0 Å². The summed E-state index contributed by atoms with van der Waals surface area (Å²) in [6.07, 6.45) is 7.83. The molecule has 0 aliphatic heterocycles. The molecule has 1 aliphatic carbocycles. The minimum absolute atomic E-state index is 0.750. The second kappa shape index (κ2) is 5.26. The Kier molecular flexibility index (Phi) is 3.72. The van der Waals surface area contributed by atoms with Gasteiger partial charge in [0.1, 0.15) is 12.2 Å². The summed E-state index contributed by atoms with van der Waals surface area (Å²) >= 11 is 0. The van der Waals surface area contributed by atoms with Gasteiger partial charge in [-0.15, -0.1) is 0 Å². The number of aromatic amines is 1. The highest BCUT2D eigenvalue weighted by molar-refractivity contribution is 4.82. The highest BCUT2D eigenvalue weighted by Crippen LogP contribution is 2.24. The molecule has 0 saturated heterocycles. The molecule has 1 aliphatic rings. The summed E-state index contributed by atoms with van der Waals surface area (Å²) in [6.45, 7) is 3.44. The normalized spacial score (nSPS) is 25.9. The molecule has 2 N–H and O–H groups in total. The molecule has 0 radical (unpaired) electrons. The molecule has 1 aromatic rings. The predicted molar refractivity (Wildman–Crippen MR) is 59.5 cm³/mol. The molecule has 2 atom stereocenters. The highest BCUT2D eigenvalue weighted by atomic mass is 15.2. The van der Waals surface area contributed by atoms with Crippen molar-refractivity contribution in [3.05, 3.63) is 12.2 Å². The maximum atomic E-state index is 4.11. The van der Waals surface area contributed by atoms with E-state index in [2.05, 4.69) is 27.4 Å². The Bertz CT molecular complexity index is 270. The van der Waals surface area contributed by atoms with Crippen molar-refractivity contribution in [2.24, 2.45) is 5.92 Å². The van der Waals surface area contributed by atoms with Crippen LogP contribution in [0.25, 0.3) is 0 Å². The maximum Gasteiger partial charge on any atom is 0.137 e. The standard InChI is InChI=1S/C11H20N4/c1-9-4-2-5-10(9)12-7-3-6-11-13-8-14-15-11/h8-10,12H,2-7H2,1H3,(H,13,14,15). The number of hydrogen-bond acceptors (Lipinski definition) is 3. The number of nitrogens with zero attached hydrogens (tertiary/aromatic N) is 2. The lowest BCUT2D eigenvalue weighted by molar-refractivity contribution is 0.423. The van der Waals surface area contributed by atoms with E-state index >= 15 is 0 Å². The van der Waals surface area contributed by atoms with E-state index in [-0.39, 0.29) is 0 Å². The van der Waals surface area contributed by atoms with Crippen LogP contribution in [0.15, 0.2) is 6.33 Å². The highest BCUT2D eigenvalue weighted by Gasteiger charge is 2.21. The van der Waals surface area contributed by atoms with Gasteiger partial charge in [0.15, 0.2) is 0 Å². The maximum absolute atomic E-state index is 4.11. The largest absolute Gasteiger partial charge is 0.314 e. The van der Waals surface area contributed by atoms with E-state index in [1.807, 2.05) is 0 Å². The summed E-state index contributed by atoms with van der Waals surface area (Å²) in [5, 5.41) is 10.4. The third-order valence-corrected chi connectivity index (χ3v) is 3.32. The summed E-state index contributed by atoms with van der Waals surface area (Å²) < 4.78 is 0. The Hall–Kier alpha value is -0.900. The van der Waals surface area contributed by atoms with Gasteiger partial charge in [-0.3, -0.25) is 5.10 Å². The molecule has 1 aromatic heterocycles. The molecule has 0 aromatic carbocycles. The van der Waals surface area contributed by atoms with Gasteiger partial charge in [0.25, 0.3) is 0 Å². The molecule has 1 saturated carbocycles. The van der Waals surface area contributed by atoms with Crippen molar-refractivity contribution in [3.8, 4) is 0 Å². The fraction of sp³-hybridized carbons (Fsp3) is 0.818. The van der Waals surface area contributed by atoms with E-state index < -0.39 is 0 Å². The summed E-state index contributed by atoms with van der Waals surface area (Å²) in [5.74, 6) is 1.85. The van der Waals surface area contributed by atoms with Gasteiger partial charge in [0.05, 0.1) is 0 Å². The molecule has 4 nitrogen and oxygen atoms in total. The third kappa shape index (κ3) is 3.02. The van der Waals surface area contributed by atoms with Gasteiger partial charge in [0.2, 0.25) is 0 Å². The van der Waals surface area contributed by atoms with Crippen molar-refractivity contribution < 1.29 is 0 Å². The lowest BCUT2D eigenvalue weighted by Gasteiger charge is -2.16. The van der Waals surface area contributed by atoms with Crippen molar-refractivity contribution in [2.45, 2.75) is 45.1 Å². The van der Waals surface area contributed by atoms with Gasteiger partial charge in [0, 0.05) is 12.5 Å². The van der Waals surface area contributed by atoms with E-state index in [0.717, 1.165) is 37.2 Å². The topological polar surface area (TPSA) is 53.6 Å². The number of rotatable bonds is 5. The first-order chi connectivity index (χ1) is 7.36. The molecule has 0 bridgehead atoms. The van der Waals surface area contributed by atoms with E-state index in [1.165, 1.54) is 19.3 Å². The molecule has 15 heavy (non-hydrogen) atoms. The number of aryl methyl sites for hydroxylation is 1. The molecule has 0 amide bonds. The Morgan fingerprint density at radius 3 is 3.13 bits per heavy atom. The van der Waals surface area contributed by atoms with Gasteiger partial charge < -0.3 is 5.32 Å². The zero-order valence-corrected chi connectivity index (χ0v) is 9.37. The quantitative estimate of drug-likeness (QED) is 0.721. The Balaban J connectivity index is 1.59. The van der Waals surface area contributed by atoms with Crippen molar-refractivity contribution in [1.29, 1.82) is 0 Å². The van der Waals surface area contributed by atoms with Crippen LogP contribution < -0.4 is 5.32 Å². The Morgan fingerprint density at radius 1 is 1.53 bits per heavy atom. The van der Waals surface area contributed by atoms with E-state index in [9.17, 15) is 0 Å². The zero-order valence-electron chi connectivity index (χ0n) is 9.37. The summed E-state index contributed by atoms with van der Waals surface area (Å²) in [6, 6.07) is 0.750. The summed E-state index contributed by atoms with van der Waals surface area (Å²) in [4.78, 5) is 4.11. The van der Waals surface area contributed by atoms with Crippen LogP contribution in [0.2, 0.25) is 0 Å². The molecule has 4 heteroatoms. The monoisotopic (exact) mass is 208 g/mol. The smallest absolute Gasteiger partial charge is 0.137 e. The van der Waals surface area contributed by atoms with Crippen LogP contribution in [0.1, 0.15) is 38.4 Å². The molecule has 1 heterocycles. The number of H-pyrrole nitrogens is 1. The lowest BCUT2D eigenvalue weighted by Crippen LogP contribution is -2.32. The van der Waals surface area contributed by atoms with Gasteiger partial charge in [-0.25, -0.2) is 4.98 Å². The first kappa shape index (κ1) is 10.6. The van der Waals surface area contributed by atoms with Crippen LogP contribution in [0.5, 0.6) is 0 Å². The average Bonchev–Trinajstić information content (AvgIpc) is 2.85. The SMILES string of the molecule is CC1CCCC1NCCCc1ncn[nH]1. The van der Waals surface area contributed by atoms with Crippen LogP contribution in [-0.4, -0.2) is 27.8 Å². The van der Waals surface area contributed by atoms with Crippen LogP contribution in [0, 0.1) is 5.92 Å². The fourth-order valence-electron chi connectivity index (χ4n) is 2.34. The molecule has 2 rings (SSSR count). The fourth-order valence-corrected chi connectivity index (χ4v) is 2.34. The Morgan fingerprint density at radius 2 is 2.47 bits per heavy atom. The molecule has 1 fully saturated rings. The van der Waals surface area contributed by atoms with Crippen molar-refractivity contribution in [1.82, 2.24) is 20.5 Å². The molecule has 2 unspecified atom stereocenters.